The molecule has 6 nitrogen and oxygen atoms in total. The fourth-order valence-electron chi connectivity index (χ4n) is 2.17. The Morgan fingerprint density at radius 1 is 1.08 bits per heavy atom. The number of nitrogens with zero attached hydrogens (tertiary/aromatic N) is 4. The number of tetrazole rings is 1. The van der Waals surface area contributed by atoms with E-state index in [9.17, 15) is 0 Å². The predicted octanol–water partition coefficient (Wildman–Crippen LogP) is 4.36. The number of anilines is 1. The summed E-state index contributed by atoms with van der Waals surface area (Å²) in [5.74, 6) is 1.26. The fraction of sp³-hybridized carbons (Fsp3) is 0.188. The smallest absolute Gasteiger partial charge is 0.242 e. The van der Waals surface area contributed by atoms with Crippen molar-refractivity contribution in [2.24, 2.45) is 7.05 Å². The number of rotatable bonds is 6. The summed E-state index contributed by atoms with van der Waals surface area (Å²) < 4.78 is 7.46. The highest BCUT2D eigenvalue weighted by Gasteiger charge is 2.08. The third-order valence-electron chi connectivity index (χ3n) is 3.46. The summed E-state index contributed by atoms with van der Waals surface area (Å²) in [5, 5.41) is 16.0. The summed E-state index contributed by atoms with van der Waals surface area (Å²) in [7, 11) is 1.75. The lowest BCUT2D eigenvalue weighted by Gasteiger charge is -2.13. The highest BCUT2D eigenvalue weighted by molar-refractivity contribution is 6.42. The Hall–Kier alpha value is -2.02. The van der Waals surface area contributed by atoms with Gasteiger partial charge in [-0.25, -0.2) is 4.68 Å². The number of aromatic nitrogens is 4. The van der Waals surface area contributed by atoms with Crippen molar-refractivity contribution in [2.45, 2.75) is 13.2 Å². The van der Waals surface area contributed by atoms with Crippen molar-refractivity contribution < 1.29 is 4.74 Å². The molecule has 1 N–H and O–H groups in total. The average Bonchev–Trinajstić information content (AvgIpc) is 3.00. The quantitative estimate of drug-likeness (QED) is 0.668. The van der Waals surface area contributed by atoms with Crippen LogP contribution in [0.1, 0.15) is 11.1 Å². The SMILES string of the molecule is Cn1nnnc1NCc1cc(Cl)ccc1OCc1ccc(Cl)c(Cl)c1. The summed E-state index contributed by atoms with van der Waals surface area (Å²) in [4.78, 5) is 0. The molecule has 0 atom stereocenters. The molecule has 0 saturated heterocycles. The second-order valence-corrected chi connectivity index (χ2v) is 6.52. The van der Waals surface area contributed by atoms with Gasteiger partial charge in [-0.1, -0.05) is 46.0 Å². The van der Waals surface area contributed by atoms with Gasteiger partial charge >= 0.3 is 0 Å². The van der Waals surface area contributed by atoms with E-state index in [0.29, 0.717) is 39.9 Å². The molecule has 0 bridgehead atoms. The molecule has 0 amide bonds. The molecule has 2 aromatic carbocycles. The maximum Gasteiger partial charge on any atom is 0.242 e. The van der Waals surface area contributed by atoms with Crippen LogP contribution in [0.3, 0.4) is 0 Å². The molecule has 1 heterocycles. The zero-order valence-electron chi connectivity index (χ0n) is 13.2. The molecule has 0 fully saturated rings. The van der Waals surface area contributed by atoms with Gasteiger partial charge in [-0.05, 0) is 46.3 Å². The van der Waals surface area contributed by atoms with Crippen LogP contribution in [0.25, 0.3) is 0 Å². The van der Waals surface area contributed by atoms with Crippen molar-refractivity contribution in [3.05, 3.63) is 62.6 Å². The van der Waals surface area contributed by atoms with E-state index in [2.05, 4.69) is 20.8 Å². The van der Waals surface area contributed by atoms with Crippen molar-refractivity contribution in [1.29, 1.82) is 0 Å². The van der Waals surface area contributed by atoms with Crippen molar-refractivity contribution in [3.8, 4) is 5.75 Å². The molecule has 0 aliphatic carbocycles. The Morgan fingerprint density at radius 2 is 1.92 bits per heavy atom. The van der Waals surface area contributed by atoms with Gasteiger partial charge in [0.15, 0.2) is 0 Å². The topological polar surface area (TPSA) is 64.9 Å². The molecule has 3 rings (SSSR count). The van der Waals surface area contributed by atoms with Crippen LogP contribution in [0, 0.1) is 0 Å². The minimum absolute atomic E-state index is 0.358. The van der Waals surface area contributed by atoms with E-state index in [1.807, 2.05) is 18.2 Å². The van der Waals surface area contributed by atoms with Crippen LogP contribution < -0.4 is 10.1 Å². The van der Waals surface area contributed by atoms with Crippen molar-refractivity contribution >= 4 is 40.8 Å². The van der Waals surface area contributed by atoms with Crippen LogP contribution >= 0.6 is 34.8 Å². The zero-order valence-corrected chi connectivity index (χ0v) is 15.5. The standard InChI is InChI=1S/C16H14Cl3N5O/c1-24-16(21-22-23-24)20-8-11-7-12(17)3-5-15(11)25-9-10-2-4-13(18)14(19)6-10/h2-7H,8-9H2,1H3,(H,20,21,23). The molecular formula is C16H14Cl3N5O. The number of hydrogen-bond donors (Lipinski definition) is 1. The Labute approximate surface area is 159 Å². The summed E-state index contributed by atoms with van der Waals surface area (Å²) >= 11 is 18.1. The summed E-state index contributed by atoms with van der Waals surface area (Å²) in [6.45, 7) is 0.822. The number of halogens is 3. The molecule has 3 aromatic rings. The number of hydrogen-bond acceptors (Lipinski definition) is 5. The van der Waals surface area contributed by atoms with Crippen molar-refractivity contribution in [3.63, 3.8) is 0 Å². The molecule has 0 aliphatic heterocycles. The highest BCUT2D eigenvalue weighted by Crippen LogP contribution is 2.26. The molecular weight excluding hydrogens is 385 g/mol. The third kappa shape index (κ3) is 4.54. The summed E-state index contributed by atoms with van der Waals surface area (Å²) in [5.41, 5.74) is 1.80. The first kappa shape index (κ1) is 17.8. The van der Waals surface area contributed by atoms with E-state index >= 15 is 0 Å². The molecule has 0 aliphatic rings. The first-order chi connectivity index (χ1) is 12.0. The van der Waals surface area contributed by atoms with E-state index in [1.54, 1.807) is 29.9 Å². The van der Waals surface area contributed by atoms with Gasteiger partial charge in [-0.3, -0.25) is 0 Å². The minimum atomic E-state index is 0.358. The van der Waals surface area contributed by atoms with Gasteiger partial charge < -0.3 is 10.1 Å². The lowest BCUT2D eigenvalue weighted by Crippen LogP contribution is -2.07. The lowest BCUT2D eigenvalue weighted by atomic mass is 10.2. The molecule has 0 spiro atoms. The fourth-order valence-corrected chi connectivity index (χ4v) is 2.69. The second kappa shape index (κ2) is 7.91. The monoisotopic (exact) mass is 397 g/mol. The van der Waals surface area contributed by atoms with Gasteiger partial charge in [-0.15, -0.1) is 0 Å². The van der Waals surface area contributed by atoms with Gasteiger partial charge in [0, 0.05) is 24.2 Å². The van der Waals surface area contributed by atoms with Crippen LogP contribution in [0.15, 0.2) is 36.4 Å². The van der Waals surface area contributed by atoms with Gasteiger partial charge in [0.05, 0.1) is 10.0 Å². The number of aryl methyl sites for hydroxylation is 1. The Kier molecular flexibility index (Phi) is 5.63. The van der Waals surface area contributed by atoms with Gasteiger partial charge in [0.25, 0.3) is 0 Å². The molecule has 130 valence electrons. The van der Waals surface area contributed by atoms with E-state index in [4.69, 9.17) is 39.5 Å². The van der Waals surface area contributed by atoms with Crippen molar-refractivity contribution in [1.82, 2.24) is 20.2 Å². The van der Waals surface area contributed by atoms with Gasteiger partial charge in [-0.2, -0.15) is 0 Å². The summed E-state index contributed by atoms with van der Waals surface area (Å²) in [6, 6.07) is 10.8. The van der Waals surface area contributed by atoms with Crippen LogP contribution in [0.2, 0.25) is 15.1 Å². The second-order valence-electron chi connectivity index (χ2n) is 5.27. The molecule has 9 heteroatoms. The number of ether oxygens (including phenoxy) is 1. The van der Waals surface area contributed by atoms with E-state index in [1.165, 1.54) is 0 Å². The average molecular weight is 399 g/mol. The van der Waals surface area contributed by atoms with Crippen LogP contribution in [0.5, 0.6) is 5.75 Å². The molecule has 0 unspecified atom stereocenters. The third-order valence-corrected chi connectivity index (χ3v) is 4.43. The van der Waals surface area contributed by atoms with E-state index in [0.717, 1.165) is 11.1 Å². The Balaban J connectivity index is 1.72. The number of benzene rings is 2. The molecule has 0 radical (unpaired) electrons. The van der Waals surface area contributed by atoms with Gasteiger partial charge in [0.1, 0.15) is 12.4 Å². The maximum atomic E-state index is 6.10. The molecule has 0 saturated carbocycles. The molecule has 1 aromatic heterocycles. The molecule has 25 heavy (non-hydrogen) atoms. The van der Waals surface area contributed by atoms with E-state index < -0.39 is 0 Å². The predicted molar refractivity (Wildman–Crippen MR) is 98.4 cm³/mol. The minimum Gasteiger partial charge on any atom is -0.489 e. The maximum absolute atomic E-state index is 6.10. The lowest BCUT2D eigenvalue weighted by molar-refractivity contribution is 0.303. The largest absolute Gasteiger partial charge is 0.489 e. The van der Waals surface area contributed by atoms with Crippen LogP contribution in [-0.2, 0) is 20.2 Å². The van der Waals surface area contributed by atoms with Crippen LogP contribution in [0.4, 0.5) is 5.95 Å². The van der Waals surface area contributed by atoms with Crippen LogP contribution in [-0.4, -0.2) is 20.2 Å². The zero-order chi connectivity index (χ0) is 17.8. The Morgan fingerprint density at radius 3 is 2.64 bits per heavy atom. The Bertz CT molecular complexity index is 884. The first-order valence-corrected chi connectivity index (χ1v) is 8.47. The first-order valence-electron chi connectivity index (χ1n) is 7.34. The normalized spacial score (nSPS) is 10.7. The number of nitrogens with one attached hydrogen (secondary N) is 1. The van der Waals surface area contributed by atoms with Crippen molar-refractivity contribution in [2.75, 3.05) is 5.32 Å². The summed E-state index contributed by atoms with van der Waals surface area (Å²) in [6.07, 6.45) is 0. The highest BCUT2D eigenvalue weighted by atomic mass is 35.5. The van der Waals surface area contributed by atoms with E-state index in [-0.39, 0.29) is 0 Å². The van der Waals surface area contributed by atoms with Gasteiger partial charge in [0.2, 0.25) is 5.95 Å².